The Balaban J connectivity index is 3.23. The van der Waals surface area contributed by atoms with Gasteiger partial charge in [0.2, 0.25) is 0 Å². The van der Waals surface area contributed by atoms with Crippen LogP contribution in [-0.2, 0) is 8.62 Å². The van der Waals surface area contributed by atoms with Gasteiger partial charge in [-0.1, -0.05) is 6.58 Å². The van der Waals surface area contributed by atoms with Crippen LogP contribution in [0.15, 0.2) is 12.7 Å². The minimum absolute atomic E-state index is 0.477. The van der Waals surface area contributed by atoms with Gasteiger partial charge < -0.3 is 3.83 Å². The lowest BCUT2D eigenvalue weighted by Gasteiger charge is -1.78. The SMILES string of the molecule is C=CC(=O)OBr. The maximum absolute atomic E-state index is 9.79. The van der Waals surface area contributed by atoms with E-state index in [1.165, 1.54) is 0 Å². The minimum Gasteiger partial charge on any atom is -0.380 e. The van der Waals surface area contributed by atoms with Gasteiger partial charge in [0.05, 0.1) is 0 Å². The van der Waals surface area contributed by atoms with E-state index in [0.717, 1.165) is 6.08 Å². The fourth-order valence-corrected chi connectivity index (χ4v) is 0.164. The lowest BCUT2D eigenvalue weighted by Crippen LogP contribution is -1.85. The quantitative estimate of drug-likeness (QED) is 0.523. The van der Waals surface area contributed by atoms with Crippen LogP contribution in [0, 0.1) is 0 Å². The maximum atomic E-state index is 9.79. The molecule has 0 aromatic carbocycles. The Morgan fingerprint density at radius 3 is 2.50 bits per heavy atom. The van der Waals surface area contributed by atoms with Gasteiger partial charge in [0, 0.05) is 6.08 Å². The van der Waals surface area contributed by atoms with Gasteiger partial charge >= 0.3 is 5.97 Å². The van der Waals surface area contributed by atoms with Crippen LogP contribution in [0.5, 0.6) is 0 Å². The molecule has 34 valence electrons. The van der Waals surface area contributed by atoms with E-state index in [1.807, 2.05) is 0 Å². The van der Waals surface area contributed by atoms with E-state index in [-0.39, 0.29) is 0 Å². The van der Waals surface area contributed by atoms with E-state index >= 15 is 0 Å². The van der Waals surface area contributed by atoms with Crippen molar-refractivity contribution in [2.45, 2.75) is 0 Å². The van der Waals surface area contributed by atoms with Crippen molar-refractivity contribution in [3.05, 3.63) is 12.7 Å². The van der Waals surface area contributed by atoms with Crippen LogP contribution in [0.2, 0.25) is 0 Å². The highest BCUT2D eigenvalue weighted by atomic mass is 79.9. The topological polar surface area (TPSA) is 26.3 Å². The molecule has 0 spiro atoms. The van der Waals surface area contributed by atoms with Gasteiger partial charge in [-0.25, -0.2) is 4.79 Å². The molecule has 0 bridgehead atoms. The van der Waals surface area contributed by atoms with Crippen molar-refractivity contribution < 1.29 is 8.62 Å². The molecule has 0 saturated carbocycles. The van der Waals surface area contributed by atoms with E-state index in [1.54, 1.807) is 0 Å². The van der Waals surface area contributed by atoms with Crippen LogP contribution in [0.3, 0.4) is 0 Å². The van der Waals surface area contributed by atoms with Crippen molar-refractivity contribution in [2.24, 2.45) is 0 Å². The predicted octanol–water partition coefficient (Wildman–Crippen LogP) is 1.03. The number of halogens is 1. The van der Waals surface area contributed by atoms with E-state index in [2.05, 4.69) is 26.7 Å². The molecule has 0 aromatic heterocycles. The van der Waals surface area contributed by atoms with Crippen molar-refractivity contribution in [3.8, 4) is 0 Å². The van der Waals surface area contributed by atoms with Crippen molar-refractivity contribution in [2.75, 3.05) is 0 Å². The Bertz CT molecular complexity index is 69.2. The largest absolute Gasteiger partial charge is 0.380 e. The maximum Gasteiger partial charge on any atom is 0.341 e. The third-order valence-corrected chi connectivity index (χ3v) is 0.562. The summed E-state index contributed by atoms with van der Waals surface area (Å²) in [4.78, 5) is 9.79. The zero-order valence-corrected chi connectivity index (χ0v) is 4.56. The van der Waals surface area contributed by atoms with Crippen LogP contribution >= 0.6 is 16.3 Å². The summed E-state index contributed by atoms with van der Waals surface area (Å²) >= 11 is 2.45. The molecule has 0 fully saturated rings. The number of hydrogen-bond acceptors (Lipinski definition) is 2. The molecule has 0 aliphatic rings. The van der Waals surface area contributed by atoms with Crippen LogP contribution in [0.1, 0.15) is 0 Å². The second kappa shape index (κ2) is 2.90. The van der Waals surface area contributed by atoms with Gasteiger partial charge in [-0.15, -0.1) is 0 Å². The summed E-state index contributed by atoms with van der Waals surface area (Å²) in [7, 11) is 0. The highest BCUT2D eigenvalue weighted by molar-refractivity contribution is 9.06. The molecule has 0 rings (SSSR count). The molecular weight excluding hydrogens is 148 g/mol. The zero-order valence-electron chi connectivity index (χ0n) is 2.98. The van der Waals surface area contributed by atoms with Gasteiger partial charge in [0.1, 0.15) is 0 Å². The summed E-state index contributed by atoms with van der Waals surface area (Å²) in [5, 5.41) is 0. The van der Waals surface area contributed by atoms with Crippen molar-refractivity contribution >= 4 is 22.2 Å². The number of rotatable bonds is 1. The van der Waals surface area contributed by atoms with Crippen LogP contribution < -0.4 is 0 Å². The van der Waals surface area contributed by atoms with Gasteiger partial charge in [0.25, 0.3) is 0 Å². The van der Waals surface area contributed by atoms with Crippen LogP contribution in [0.4, 0.5) is 0 Å². The van der Waals surface area contributed by atoms with E-state index in [9.17, 15) is 4.79 Å². The van der Waals surface area contributed by atoms with Gasteiger partial charge in [0.15, 0.2) is 16.3 Å². The number of carbonyl (C=O) groups excluding carboxylic acids is 1. The lowest BCUT2D eigenvalue weighted by atomic mass is 10.7. The molecule has 6 heavy (non-hydrogen) atoms. The first kappa shape index (κ1) is 5.69. The smallest absolute Gasteiger partial charge is 0.341 e. The summed E-state index contributed by atoms with van der Waals surface area (Å²) in [5.74, 6) is -0.477. The third-order valence-electron chi connectivity index (χ3n) is 0.243. The highest BCUT2D eigenvalue weighted by Crippen LogP contribution is 1.83. The minimum atomic E-state index is -0.477. The molecule has 2 nitrogen and oxygen atoms in total. The molecular formula is C3H3BrO2. The summed E-state index contributed by atoms with van der Waals surface area (Å²) in [6, 6.07) is 0. The monoisotopic (exact) mass is 150 g/mol. The second-order valence-corrected chi connectivity index (χ2v) is 0.924. The first-order valence-electron chi connectivity index (χ1n) is 1.26. The molecule has 0 amide bonds. The normalized spacial score (nSPS) is 6.83. The Labute approximate surface area is 44.2 Å². The van der Waals surface area contributed by atoms with E-state index < -0.39 is 5.97 Å². The van der Waals surface area contributed by atoms with Crippen LogP contribution in [0.25, 0.3) is 0 Å². The molecule has 0 N–H and O–H groups in total. The average molecular weight is 151 g/mol. The molecule has 0 saturated heterocycles. The summed E-state index contributed by atoms with van der Waals surface area (Å²) in [6.07, 6.45) is 1.06. The van der Waals surface area contributed by atoms with Gasteiger partial charge in [-0.2, -0.15) is 0 Å². The molecule has 0 aliphatic carbocycles. The fourth-order valence-electron chi connectivity index (χ4n) is 0.0315. The number of carbonyl (C=O) groups is 1. The summed E-state index contributed by atoms with van der Waals surface area (Å²) < 4.78 is 3.95. The average Bonchev–Trinajstić information content (AvgIpc) is 1.65. The molecule has 0 aliphatic heterocycles. The Kier molecular flexibility index (Phi) is 2.75. The molecule has 0 heterocycles. The van der Waals surface area contributed by atoms with E-state index in [0.29, 0.717) is 0 Å². The second-order valence-electron chi connectivity index (χ2n) is 0.600. The van der Waals surface area contributed by atoms with E-state index in [4.69, 9.17) is 0 Å². The first-order chi connectivity index (χ1) is 2.81. The highest BCUT2D eigenvalue weighted by Gasteiger charge is 1.84. The zero-order chi connectivity index (χ0) is 4.99. The molecule has 3 heteroatoms. The van der Waals surface area contributed by atoms with Crippen molar-refractivity contribution in [1.82, 2.24) is 0 Å². The Hall–Kier alpha value is -0.310. The molecule has 0 aromatic rings. The predicted molar refractivity (Wildman–Crippen MR) is 25.2 cm³/mol. The van der Waals surface area contributed by atoms with Crippen molar-refractivity contribution in [1.29, 1.82) is 0 Å². The molecule has 0 atom stereocenters. The van der Waals surface area contributed by atoms with Crippen molar-refractivity contribution in [3.63, 3.8) is 0 Å². The third kappa shape index (κ3) is 1.96. The Morgan fingerprint density at radius 1 is 2.00 bits per heavy atom. The fraction of sp³-hybridized carbons (Fsp3) is 0. The number of hydrogen-bond donors (Lipinski definition) is 0. The molecule has 0 unspecified atom stereocenters. The lowest BCUT2D eigenvalue weighted by molar-refractivity contribution is -0.127. The Morgan fingerprint density at radius 2 is 2.50 bits per heavy atom. The van der Waals surface area contributed by atoms with Gasteiger partial charge in [-0.3, -0.25) is 0 Å². The van der Waals surface area contributed by atoms with Gasteiger partial charge in [-0.05, 0) is 0 Å². The first-order valence-corrected chi connectivity index (χ1v) is 1.91. The standard InChI is InChI=1S/C3H3BrO2/c1-2-3(5)6-4/h2H,1H2. The van der Waals surface area contributed by atoms with Crippen LogP contribution in [-0.4, -0.2) is 5.97 Å². The summed E-state index contributed by atoms with van der Waals surface area (Å²) in [5.41, 5.74) is 0. The summed E-state index contributed by atoms with van der Waals surface area (Å²) in [6.45, 7) is 3.13. The molecule has 0 radical (unpaired) electrons.